The van der Waals surface area contributed by atoms with Crippen molar-refractivity contribution in [3.63, 3.8) is 0 Å². The molecular weight excluding hydrogens is 196 g/mol. The van der Waals surface area contributed by atoms with Gasteiger partial charge in [-0.25, -0.2) is 4.98 Å². The van der Waals surface area contributed by atoms with Crippen molar-refractivity contribution in [2.45, 2.75) is 13.0 Å². The first-order valence-corrected chi connectivity index (χ1v) is 4.77. The molecule has 82 valence electrons. The molecular formula is C9H14N4O2. The van der Waals surface area contributed by atoms with Crippen molar-refractivity contribution in [1.82, 2.24) is 9.97 Å². The predicted octanol–water partition coefficient (Wildman–Crippen LogP) is -0.288. The number of nitrogens with two attached hydrogens (primary N) is 1. The maximum atomic E-state index is 11.9. The van der Waals surface area contributed by atoms with Gasteiger partial charge in [-0.1, -0.05) is 0 Å². The highest BCUT2D eigenvalue weighted by Gasteiger charge is 2.44. The van der Waals surface area contributed by atoms with Gasteiger partial charge in [0.05, 0.1) is 18.6 Å². The van der Waals surface area contributed by atoms with Crippen molar-refractivity contribution in [2.24, 2.45) is 11.1 Å². The molecule has 0 radical (unpaired) electrons. The fraction of sp³-hybridized carbons (Fsp3) is 0.556. The Morgan fingerprint density at radius 1 is 1.87 bits per heavy atom. The quantitative estimate of drug-likeness (QED) is 0.625. The summed E-state index contributed by atoms with van der Waals surface area (Å²) in [6.07, 6.45) is 3.21. The average Bonchev–Trinajstić information content (AvgIpc) is 2.79. The molecule has 2 unspecified atom stereocenters. The highest BCUT2D eigenvalue weighted by Crippen LogP contribution is 2.28. The Balaban J connectivity index is 2.07. The topological polar surface area (TPSA) is 93.0 Å². The number of H-pyrrole nitrogens is 1. The van der Waals surface area contributed by atoms with E-state index in [0.717, 1.165) is 0 Å². The third-order valence-electron chi connectivity index (χ3n) is 2.77. The van der Waals surface area contributed by atoms with Gasteiger partial charge < -0.3 is 15.5 Å². The van der Waals surface area contributed by atoms with Gasteiger partial charge in [-0.2, -0.15) is 0 Å². The number of hydrogen-bond acceptors (Lipinski definition) is 4. The lowest BCUT2D eigenvalue weighted by Gasteiger charge is -2.24. The molecule has 0 spiro atoms. The molecule has 0 aromatic carbocycles. The molecule has 1 aliphatic heterocycles. The van der Waals surface area contributed by atoms with Crippen molar-refractivity contribution < 1.29 is 9.53 Å². The number of carbonyl (C=O) groups excluding carboxylic acids is 1. The number of rotatable bonds is 2. The van der Waals surface area contributed by atoms with Gasteiger partial charge in [0.15, 0.2) is 0 Å². The SMILES string of the molecule is CC1(C(=O)Nc2ncc[nH]2)COCC1N. The summed E-state index contributed by atoms with van der Waals surface area (Å²) in [6.45, 7) is 2.56. The summed E-state index contributed by atoms with van der Waals surface area (Å²) in [5, 5.41) is 2.67. The Kier molecular flexibility index (Phi) is 2.45. The number of ether oxygens (including phenoxy) is 1. The number of aromatic nitrogens is 2. The van der Waals surface area contributed by atoms with Gasteiger partial charge in [0.25, 0.3) is 0 Å². The third-order valence-corrected chi connectivity index (χ3v) is 2.77. The summed E-state index contributed by atoms with van der Waals surface area (Å²) in [4.78, 5) is 18.6. The number of nitrogens with one attached hydrogen (secondary N) is 2. The minimum atomic E-state index is -0.674. The van der Waals surface area contributed by atoms with Crippen LogP contribution in [-0.2, 0) is 9.53 Å². The van der Waals surface area contributed by atoms with E-state index in [-0.39, 0.29) is 11.9 Å². The number of carbonyl (C=O) groups is 1. The Bertz CT molecular complexity index is 351. The van der Waals surface area contributed by atoms with Crippen molar-refractivity contribution in [1.29, 1.82) is 0 Å². The van der Waals surface area contributed by atoms with Crippen LogP contribution in [0.1, 0.15) is 6.92 Å². The van der Waals surface area contributed by atoms with E-state index in [2.05, 4.69) is 15.3 Å². The number of aromatic amines is 1. The lowest BCUT2D eigenvalue weighted by atomic mass is 9.85. The molecule has 0 saturated carbocycles. The van der Waals surface area contributed by atoms with E-state index in [1.165, 1.54) is 0 Å². The number of imidazole rings is 1. The van der Waals surface area contributed by atoms with Gasteiger partial charge in [0.2, 0.25) is 11.9 Å². The van der Waals surface area contributed by atoms with Gasteiger partial charge in [-0.3, -0.25) is 10.1 Å². The smallest absolute Gasteiger partial charge is 0.236 e. The Hall–Kier alpha value is -1.40. The van der Waals surface area contributed by atoms with E-state index in [4.69, 9.17) is 10.5 Å². The van der Waals surface area contributed by atoms with Gasteiger partial charge in [0, 0.05) is 18.4 Å². The van der Waals surface area contributed by atoms with Crippen LogP contribution in [0.5, 0.6) is 0 Å². The van der Waals surface area contributed by atoms with Crippen LogP contribution in [0.2, 0.25) is 0 Å². The summed E-state index contributed by atoms with van der Waals surface area (Å²) in [5.41, 5.74) is 5.15. The van der Waals surface area contributed by atoms with E-state index >= 15 is 0 Å². The van der Waals surface area contributed by atoms with Crippen LogP contribution in [0.3, 0.4) is 0 Å². The van der Waals surface area contributed by atoms with Crippen LogP contribution in [0.25, 0.3) is 0 Å². The minimum Gasteiger partial charge on any atom is -0.379 e. The maximum Gasteiger partial charge on any atom is 0.236 e. The van der Waals surface area contributed by atoms with Crippen molar-refractivity contribution in [3.8, 4) is 0 Å². The summed E-state index contributed by atoms with van der Waals surface area (Å²) >= 11 is 0. The molecule has 1 aromatic heterocycles. The number of anilines is 1. The molecule has 1 saturated heterocycles. The second kappa shape index (κ2) is 3.63. The van der Waals surface area contributed by atoms with Crippen molar-refractivity contribution in [2.75, 3.05) is 18.5 Å². The minimum absolute atomic E-state index is 0.164. The zero-order chi connectivity index (χ0) is 10.9. The van der Waals surface area contributed by atoms with Crippen LogP contribution in [0, 0.1) is 5.41 Å². The van der Waals surface area contributed by atoms with Crippen molar-refractivity contribution >= 4 is 11.9 Å². The third kappa shape index (κ3) is 1.73. The molecule has 2 atom stereocenters. The van der Waals surface area contributed by atoms with Crippen LogP contribution < -0.4 is 11.1 Å². The normalized spacial score (nSPS) is 30.4. The molecule has 4 N–H and O–H groups in total. The number of amides is 1. The Labute approximate surface area is 87.2 Å². The molecule has 6 nitrogen and oxygen atoms in total. The highest BCUT2D eigenvalue weighted by molar-refractivity contribution is 5.94. The molecule has 1 aromatic rings. The van der Waals surface area contributed by atoms with Crippen LogP contribution in [-0.4, -0.2) is 35.1 Å². The highest BCUT2D eigenvalue weighted by atomic mass is 16.5. The molecule has 2 heterocycles. The molecule has 15 heavy (non-hydrogen) atoms. The van der Waals surface area contributed by atoms with Crippen LogP contribution in [0.4, 0.5) is 5.95 Å². The Morgan fingerprint density at radius 3 is 3.20 bits per heavy atom. The van der Waals surface area contributed by atoms with Crippen LogP contribution >= 0.6 is 0 Å². The molecule has 1 amide bonds. The summed E-state index contributed by atoms with van der Waals surface area (Å²) in [6, 6.07) is -0.271. The van der Waals surface area contributed by atoms with Gasteiger partial charge in [0.1, 0.15) is 0 Å². The first-order valence-electron chi connectivity index (χ1n) is 4.77. The van der Waals surface area contributed by atoms with Gasteiger partial charge >= 0.3 is 0 Å². The first-order chi connectivity index (χ1) is 7.13. The van der Waals surface area contributed by atoms with Crippen LogP contribution in [0.15, 0.2) is 12.4 Å². The molecule has 6 heteroatoms. The molecule has 0 aliphatic carbocycles. The summed E-state index contributed by atoms with van der Waals surface area (Å²) < 4.78 is 5.20. The Morgan fingerprint density at radius 2 is 2.67 bits per heavy atom. The summed E-state index contributed by atoms with van der Waals surface area (Å²) in [5.74, 6) is 0.266. The predicted molar refractivity (Wildman–Crippen MR) is 54.1 cm³/mol. The zero-order valence-corrected chi connectivity index (χ0v) is 8.49. The molecule has 1 aliphatic rings. The average molecular weight is 210 g/mol. The van der Waals surface area contributed by atoms with E-state index in [1.807, 2.05) is 0 Å². The fourth-order valence-corrected chi connectivity index (χ4v) is 1.51. The molecule has 0 bridgehead atoms. The fourth-order valence-electron chi connectivity index (χ4n) is 1.51. The maximum absolute atomic E-state index is 11.9. The van der Waals surface area contributed by atoms with E-state index in [0.29, 0.717) is 19.2 Å². The monoisotopic (exact) mass is 210 g/mol. The van der Waals surface area contributed by atoms with E-state index in [1.54, 1.807) is 19.3 Å². The lowest BCUT2D eigenvalue weighted by molar-refractivity contribution is -0.125. The van der Waals surface area contributed by atoms with E-state index < -0.39 is 5.41 Å². The lowest BCUT2D eigenvalue weighted by Crippen LogP contribution is -2.47. The van der Waals surface area contributed by atoms with Gasteiger partial charge in [-0.05, 0) is 6.92 Å². The molecule has 1 fully saturated rings. The second-order valence-corrected chi connectivity index (χ2v) is 3.93. The summed E-state index contributed by atoms with van der Waals surface area (Å²) in [7, 11) is 0. The largest absolute Gasteiger partial charge is 0.379 e. The molecule has 2 rings (SSSR count). The standard InChI is InChI=1S/C9H14N4O2/c1-9(5-15-4-6(9)10)7(14)13-8-11-2-3-12-8/h2-3,6H,4-5,10H2,1H3,(H2,11,12,13,14). The van der Waals surface area contributed by atoms with Gasteiger partial charge in [-0.15, -0.1) is 0 Å². The van der Waals surface area contributed by atoms with E-state index in [9.17, 15) is 4.79 Å². The number of hydrogen-bond donors (Lipinski definition) is 3. The second-order valence-electron chi connectivity index (χ2n) is 3.93. The first kappa shape index (κ1) is 10.1. The number of nitrogens with zero attached hydrogens (tertiary/aromatic N) is 1. The zero-order valence-electron chi connectivity index (χ0n) is 8.49. The van der Waals surface area contributed by atoms with Crippen molar-refractivity contribution in [3.05, 3.63) is 12.4 Å².